The van der Waals surface area contributed by atoms with Gasteiger partial charge in [-0.05, 0) is 48.2 Å². The van der Waals surface area contributed by atoms with E-state index in [1.54, 1.807) is 6.20 Å². The Morgan fingerprint density at radius 1 is 1.18 bits per heavy atom. The molecule has 0 radical (unpaired) electrons. The third kappa shape index (κ3) is 4.51. The van der Waals surface area contributed by atoms with Crippen LogP contribution in [0.15, 0.2) is 47.1 Å². The van der Waals surface area contributed by atoms with Gasteiger partial charge in [-0.15, -0.1) is 12.4 Å². The molecule has 6 nitrogen and oxygen atoms in total. The van der Waals surface area contributed by atoms with Crippen molar-refractivity contribution in [3.63, 3.8) is 0 Å². The predicted octanol–water partition coefficient (Wildman–Crippen LogP) is 4.67. The Labute approximate surface area is 171 Å². The maximum Gasteiger partial charge on any atom is 0.231 e. The standard InChI is InChI=1S/C21H25N5O.ClH/c1-21(2,3)16-5-4-6-17(11-16)24-18-8-7-14(13-23-18)19-25-20(27-26-19)15-9-10-22-12-15;/h4-8,11,13,15,22H,9-10,12H2,1-3H3,(H,23,24);1H. The van der Waals surface area contributed by atoms with Crippen molar-refractivity contribution in [3.8, 4) is 11.4 Å². The van der Waals surface area contributed by atoms with Crippen LogP contribution in [0.2, 0.25) is 0 Å². The molecule has 3 heterocycles. The molecule has 1 fully saturated rings. The number of aromatic nitrogens is 3. The van der Waals surface area contributed by atoms with Crippen molar-refractivity contribution in [1.82, 2.24) is 20.4 Å². The summed E-state index contributed by atoms with van der Waals surface area (Å²) in [6, 6.07) is 12.3. The number of rotatable bonds is 4. The molecular weight excluding hydrogens is 374 g/mol. The highest BCUT2D eigenvalue weighted by molar-refractivity contribution is 5.85. The first-order valence-electron chi connectivity index (χ1n) is 9.37. The quantitative estimate of drug-likeness (QED) is 0.663. The Kier molecular flexibility index (Phi) is 6.01. The molecule has 4 rings (SSSR count). The summed E-state index contributed by atoms with van der Waals surface area (Å²) in [6.45, 7) is 8.52. The molecule has 3 aromatic rings. The number of benzene rings is 1. The summed E-state index contributed by atoms with van der Waals surface area (Å²) in [5.41, 5.74) is 3.27. The Hall–Kier alpha value is -2.44. The van der Waals surface area contributed by atoms with Crippen molar-refractivity contribution >= 4 is 23.9 Å². The zero-order valence-corrected chi connectivity index (χ0v) is 17.2. The smallest absolute Gasteiger partial charge is 0.231 e. The lowest BCUT2D eigenvalue weighted by Crippen LogP contribution is -2.11. The maximum absolute atomic E-state index is 5.43. The van der Waals surface area contributed by atoms with Gasteiger partial charge in [0, 0.05) is 24.0 Å². The average molecular weight is 400 g/mol. The van der Waals surface area contributed by atoms with Crippen LogP contribution in [0.4, 0.5) is 11.5 Å². The predicted molar refractivity (Wildman–Crippen MR) is 113 cm³/mol. The molecule has 1 unspecified atom stereocenters. The van der Waals surface area contributed by atoms with Crippen LogP contribution in [0, 0.1) is 0 Å². The number of halogens is 1. The average Bonchev–Trinajstić information content (AvgIpc) is 3.34. The second-order valence-electron chi connectivity index (χ2n) is 8.03. The van der Waals surface area contributed by atoms with Crippen LogP contribution in [0.3, 0.4) is 0 Å². The van der Waals surface area contributed by atoms with E-state index in [9.17, 15) is 0 Å². The summed E-state index contributed by atoms with van der Waals surface area (Å²) >= 11 is 0. The topological polar surface area (TPSA) is 75.9 Å². The van der Waals surface area contributed by atoms with Gasteiger partial charge in [-0.25, -0.2) is 4.98 Å². The van der Waals surface area contributed by atoms with Gasteiger partial charge in [0.15, 0.2) is 0 Å². The highest BCUT2D eigenvalue weighted by atomic mass is 35.5. The van der Waals surface area contributed by atoms with E-state index in [1.807, 2.05) is 18.2 Å². The Morgan fingerprint density at radius 3 is 2.71 bits per heavy atom. The normalized spacial score (nSPS) is 16.6. The third-order valence-electron chi connectivity index (χ3n) is 4.87. The molecule has 28 heavy (non-hydrogen) atoms. The number of hydrogen-bond acceptors (Lipinski definition) is 6. The molecule has 0 bridgehead atoms. The number of anilines is 2. The van der Waals surface area contributed by atoms with Crippen molar-refractivity contribution in [1.29, 1.82) is 0 Å². The summed E-state index contributed by atoms with van der Waals surface area (Å²) in [5.74, 6) is 2.39. The summed E-state index contributed by atoms with van der Waals surface area (Å²) in [4.78, 5) is 9.04. The Balaban J connectivity index is 0.00000225. The minimum atomic E-state index is 0. The van der Waals surface area contributed by atoms with Crippen LogP contribution >= 0.6 is 12.4 Å². The molecule has 1 atom stereocenters. The van der Waals surface area contributed by atoms with Gasteiger partial charge in [0.25, 0.3) is 0 Å². The summed E-state index contributed by atoms with van der Waals surface area (Å²) in [7, 11) is 0. The second kappa shape index (κ2) is 8.29. The third-order valence-corrected chi connectivity index (χ3v) is 4.87. The van der Waals surface area contributed by atoms with Crippen LogP contribution in [0.25, 0.3) is 11.4 Å². The van der Waals surface area contributed by atoms with Gasteiger partial charge in [0.1, 0.15) is 5.82 Å². The number of pyridine rings is 1. The van der Waals surface area contributed by atoms with Crippen LogP contribution in [-0.4, -0.2) is 28.2 Å². The summed E-state index contributed by atoms with van der Waals surface area (Å²) in [5, 5.41) is 10.8. The number of hydrogen-bond donors (Lipinski definition) is 2. The fourth-order valence-electron chi connectivity index (χ4n) is 3.20. The number of nitrogens with one attached hydrogen (secondary N) is 2. The molecule has 148 valence electrons. The van der Waals surface area contributed by atoms with Crippen LogP contribution in [-0.2, 0) is 5.41 Å². The monoisotopic (exact) mass is 399 g/mol. The first-order valence-corrected chi connectivity index (χ1v) is 9.37. The minimum Gasteiger partial charge on any atom is -0.340 e. The highest BCUT2D eigenvalue weighted by Gasteiger charge is 2.23. The van der Waals surface area contributed by atoms with Crippen LogP contribution in [0.1, 0.15) is 44.6 Å². The Bertz CT molecular complexity index is 911. The molecule has 7 heteroatoms. The zero-order chi connectivity index (χ0) is 18.9. The van der Waals surface area contributed by atoms with Gasteiger partial charge in [0.05, 0.1) is 5.92 Å². The van der Waals surface area contributed by atoms with Crippen molar-refractivity contribution < 1.29 is 4.52 Å². The van der Waals surface area contributed by atoms with Crippen molar-refractivity contribution in [3.05, 3.63) is 54.0 Å². The molecule has 2 N–H and O–H groups in total. The second-order valence-corrected chi connectivity index (χ2v) is 8.03. The highest BCUT2D eigenvalue weighted by Crippen LogP contribution is 2.27. The van der Waals surface area contributed by atoms with Crippen molar-refractivity contribution in [2.75, 3.05) is 18.4 Å². The van der Waals surface area contributed by atoms with Gasteiger partial charge in [-0.1, -0.05) is 38.1 Å². The Morgan fingerprint density at radius 2 is 2.04 bits per heavy atom. The molecular formula is C21H26ClN5O. The van der Waals surface area contributed by atoms with E-state index < -0.39 is 0 Å². The van der Waals surface area contributed by atoms with Gasteiger partial charge in [-0.2, -0.15) is 4.98 Å². The molecule has 0 saturated carbocycles. The zero-order valence-electron chi connectivity index (χ0n) is 16.4. The first kappa shape index (κ1) is 20.3. The van der Waals surface area contributed by atoms with Crippen molar-refractivity contribution in [2.24, 2.45) is 0 Å². The molecule has 1 aliphatic heterocycles. The summed E-state index contributed by atoms with van der Waals surface area (Å²) in [6.07, 6.45) is 2.81. The van der Waals surface area contributed by atoms with E-state index in [1.165, 1.54) is 5.56 Å². The molecule has 2 aromatic heterocycles. The minimum absolute atomic E-state index is 0. The van der Waals surface area contributed by atoms with Crippen LogP contribution in [0.5, 0.6) is 0 Å². The van der Waals surface area contributed by atoms with E-state index in [0.29, 0.717) is 17.6 Å². The first-order chi connectivity index (χ1) is 13.0. The molecule has 1 aliphatic rings. The molecule has 0 aliphatic carbocycles. The van der Waals surface area contributed by atoms with Crippen molar-refractivity contribution in [2.45, 2.75) is 38.5 Å². The summed E-state index contributed by atoms with van der Waals surface area (Å²) < 4.78 is 5.43. The lowest BCUT2D eigenvalue weighted by atomic mass is 9.87. The van der Waals surface area contributed by atoms with E-state index in [4.69, 9.17) is 4.52 Å². The van der Waals surface area contributed by atoms with Gasteiger partial charge in [-0.3, -0.25) is 0 Å². The largest absolute Gasteiger partial charge is 0.340 e. The van der Waals surface area contributed by atoms with Crippen LogP contribution < -0.4 is 10.6 Å². The molecule has 1 aromatic carbocycles. The van der Waals surface area contributed by atoms with E-state index in [2.05, 4.69) is 64.7 Å². The molecule has 1 saturated heterocycles. The van der Waals surface area contributed by atoms with E-state index in [0.717, 1.165) is 36.6 Å². The van der Waals surface area contributed by atoms with Gasteiger partial charge < -0.3 is 15.2 Å². The fourth-order valence-corrected chi connectivity index (χ4v) is 3.20. The SMILES string of the molecule is CC(C)(C)c1cccc(Nc2ccc(-c3noc(C4CCNC4)n3)cn2)c1.Cl. The number of nitrogens with zero attached hydrogens (tertiary/aromatic N) is 3. The lowest BCUT2D eigenvalue weighted by molar-refractivity contribution is 0.359. The lowest BCUT2D eigenvalue weighted by Gasteiger charge is -2.20. The van der Waals surface area contributed by atoms with E-state index >= 15 is 0 Å². The maximum atomic E-state index is 5.43. The van der Waals surface area contributed by atoms with Gasteiger partial charge in [0.2, 0.25) is 11.7 Å². The van der Waals surface area contributed by atoms with E-state index in [-0.39, 0.29) is 17.8 Å². The molecule has 0 amide bonds. The van der Waals surface area contributed by atoms with Gasteiger partial charge >= 0.3 is 0 Å². The fraction of sp³-hybridized carbons (Fsp3) is 0.381. The molecule has 0 spiro atoms.